The summed E-state index contributed by atoms with van der Waals surface area (Å²) in [6.45, 7) is 6.53. The van der Waals surface area contributed by atoms with E-state index in [4.69, 9.17) is 14.2 Å². The van der Waals surface area contributed by atoms with Gasteiger partial charge in [0, 0.05) is 19.3 Å². The minimum atomic E-state index is -0.802. The summed E-state index contributed by atoms with van der Waals surface area (Å²) in [4.78, 5) is 38.4. The fourth-order valence-corrected chi connectivity index (χ4v) is 10.7. The maximum absolute atomic E-state index is 12.9. The van der Waals surface area contributed by atoms with E-state index in [-0.39, 0.29) is 37.5 Å². The summed E-state index contributed by atoms with van der Waals surface area (Å²) in [6.07, 6.45) is 90.0. The predicted molar refractivity (Wildman–Crippen MR) is 353 cm³/mol. The van der Waals surface area contributed by atoms with Gasteiger partial charge < -0.3 is 14.2 Å². The summed E-state index contributed by atoms with van der Waals surface area (Å²) in [6, 6.07) is 0. The number of esters is 3. The Labute approximate surface area is 504 Å². The van der Waals surface area contributed by atoms with Gasteiger partial charge in [-0.2, -0.15) is 0 Å². The van der Waals surface area contributed by atoms with E-state index in [0.717, 1.165) is 64.2 Å². The van der Waals surface area contributed by atoms with Gasteiger partial charge in [0.05, 0.1) is 0 Å². The molecule has 0 amide bonds. The lowest BCUT2D eigenvalue weighted by molar-refractivity contribution is -0.166. The second-order valence-electron chi connectivity index (χ2n) is 24.1. The van der Waals surface area contributed by atoms with Gasteiger partial charge in [-0.25, -0.2) is 0 Å². The van der Waals surface area contributed by atoms with E-state index in [1.165, 1.54) is 270 Å². The fourth-order valence-electron chi connectivity index (χ4n) is 10.7. The Morgan fingerprint density at radius 3 is 0.827 bits per heavy atom. The summed E-state index contributed by atoms with van der Waals surface area (Å²) in [7, 11) is 0. The number of allylic oxidation sites excluding steroid dienone is 10. The normalized spacial score (nSPS) is 12.4. The predicted octanol–water partition coefficient (Wildman–Crippen LogP) is 24.7. The molecule has 0 bridgehead atoms. The maximum Gasteiger partial charge on any atom is 0.306 e. The van der Waals surface area contributed by atoms with Crippen LogP contribution in [0, 0.1) is 0 Å². The SMILES string of the molecule is CC/C=C\C/C=C\C/C=C\C/C=C\CCC(=O)OCC(COC(=O)CCCCCCCCCCCCCCCCC/C=C\CCCCCCCCCC)OC(=O)CCCCCCCCCCCCCCCCCCCCCCCCC. The molecular formula is C75H136O6. The van der Waals surface area contributed by atoms with Gasteiger partial charge in [0.2, 0.25) is 0 Å². The minimum Gasteiger partial charge on any atom is -0.462 e. The molecule has 0 N–H and O–H groups in total. The molecule has 6 heteroatoms. The van der Waals surface area contributed by atoms with Crippen molar-refractivity contribution in [2.75, 3.05) is 13.2 Å². The van der Waals surface area contributed by atoms with Crippen LogP contribution in [-0.4, -0.2) is 37.2 Å². The Bertz CT molecular complexity index is 1440. The van der Waals surface area contributed by atoms with Gasteiger partial charge in [-0.1, -0.05) is 351 Å². The first-order chi connectivity index (χ1) is 40.0. The topological polar surface area (TPSA) is 78.9 Å². The molecule has 1 unspecified atom stereocenters. The van der Waals surface area contributed by atoms with E-state index in [9.17, 15) is 14.4 Å². The summed E-state index contributed by atoms with van der Waals surface area (Å²) in [5.74, 6) is -0.953. The number of hydrogen-bond acceptors (Lipinski definition) is 6. The van der Waals surface area contributed by atoms with Crippen molar-refractivity contribution < 1.29 is 28.6 Å². The van der Waals surface area contributed by atoms with Crippen LogP contribution in [0.4, 0.5) is 0 Å². The monoisotopic (exact) mass is 1130 g/mol. The standard InChI is InChI=1S/C75H136O6/c1-4-7-10-13-16-19-22-25-27-29-31-33-35-36-37-38-40-41-43-45-47-50-53-56-59-62-65-68-74(77)80-71-72(70-79-73(76)67-64-61-58-55-52-49-24-21-18-15-12-9-6-3)81-75(78)69-66-63-60-57-54-51-48-46-44-42-39-34-32-30-28-26-23-20-17-14-11-8-5-2/h9,12,18,21,29,31,49,52,58,61,72H,4-8,10-11,13-17,19-20,22-28,30,32-48,50-51,53-57,59-60,62-71H2,1-3H3/b12-9-,21-18-,31-29-,52-49-,61-58-. The highest BCUT2D eigenvalue weighted by atomic mass is 16.6. The number of ether oxygens (including phenoxy) is 3. The third-order valence-corrected chi connectivity index (χ3v) is 16.0. The molecule has 0 saturated heterocycles. The van der Waals surface area contributed by atoms with Crippen molar-refractivity contribution in [3.8, 4) is 0 Å². The van der Waals surface area contributed by atoms with Gasteiger partial charge in [-0.05, 0) is 70.6 Å². The van der Waals surface area contributed by atoms with E-state index in [1.807, 2.05) is 6.08 Å². The van der Waals surface area contributed by atoms with Crippen LogP contribution in [0.3, 0.4) is 0 Å². The van der Waals surface area contributed by atoms with Crippen LogP contribution in [0.2, 0.25) is 0 Å². The quantitative estimate of drug-likeness (QED) is 0.0261. The second kappa shape index (κ2) is 69.6. The average Bonchev–Trinajstić information content (AvgIpc) is 3.46. The van der Waals surface area contributed by atoms with E-state index < -0.39 is 6.10 Å². The molecule has 0 aliphatic heterocycles. The highest BCUT2D eigenvalue weighted by Crippen LogP contribution is 2.18. The molecule has 0 rings (SSSR count). The largest absolute Gasteiger partial charge is 0.462 e. The van der Waals surface area contributed by atoms with Crippen LogP contribution in [-0.2, 0) is 28.6 Å². The van der Waals surface area contributed by atoms with Crippen LogP contribution >= 0.6 is 0 Å². The minimum absolute atomic E-state index is 0.0918. The van der Waals surface area contributed by atoms with Crippen molar-refractivity contribution in [2.45, 2.75) is 386 Å². The van der Waals surface area contributed by atoms with Gasteiger partial charge in [0.1, 0.15) is 13.2 Å². The smallest absolute Gasteiger partial charge is 0.306 e. The zero-order valence-electron chi connectivity index (χ0n) is 54.3. The maximum atomic E-state index is 12.9. The summed E-state index contributed by atoms with van der Waals surface area (Å²) >= 11 is 0. The zero-order chi connectivity index (χ0) is 58.5. The van der Waals surface area contributed by atoms with Crippen LogP contribution in [0.15, 0.2) is 60.8 Å². The first-order valence-electron chi connectivity index (χ1n) is 35.8. The summed E-state index contributed by atoms with van der Waals surface area (Å²) in [5, 5.41) is 0. The molecule has 0 radical (unpaired) electrons. The fraction of sp³-hybridized carbons (Fsp3) is 0.827. The van der Waals surface area contributed by atoms with Crippen molar-refractivity contribution in [3.63, 3.8) is 0 Å². The van der Waals surface area contributed by atoms with E-state index in [1.54, 1.807) is 0 Å². The lowest BCUT2D eigenvalue weighted by Gasteiger charge is -2.18. The number of carbonyl (C=O) groups is 3. The third-order valence-electron chi connectivity index (χ3n) is 16.0. The zero-order valence-corrected chi connectivity index (χ0v) is 54.3. The number of carbonyl (C=O) groups excluding carboxylic acids is 3. The summed E-state index contributed by atoms with van der Waals surface area (Å²) in [5.41, 5.74) is 0. The Morgan fingerprint density at radius 2 is 0.506 bits per heavy atom. The van der Waals surface area contributed by atoms with E-state index >= 15 is 0 Å². The first-order valence-corrected chi connectivity index (χ1v) is 35.8. The van der Waals surface area contributed by atoms with Gasteiger partial charge in [0.25, 0.3) is 0 Å². The highest BCUT2D eigenvalue weighted by Gasteiger charge is 2.19. The number of hydrogen-bond donors (Lipinski definition) is 0. The Morgan fingerprint density at radius 1 is 0.259 bits per heavy atom. The molecule has 0 aromatic rings. The lowest BCUT2D eigenvalue weighted by atomic mass is 10.0. The molecule has 472 valence electrons. The summed E-state index contributed by atoms with van der Waals surface area (Å²) < 4.78 is 16.9. The number of unbranched alkanes of at least 4 members (excludes halogenated alkanes) is 45. The third kappa shape index (κ3) is 67.8. The molecular weight excluding hydrogens is 997 g/mol. The van der Waals surface area contributed by atoms with Crippen molar-refractivity contribution in [3.05, 3.63) is 60.8 Å². The van der Waals surface area contributed by atoms with Crippen LogP contribution in [0.25, 0.3) is 0 Å². The Kier molecular flexibility index (Phi) is 67.1. The molecule has 81 heavy (non-hydrogen) atoms. The Hall–Kier alpha value is -2.89. The molecule has 0 saturated carbocycles. The van der Waals surface area contributed by atoms with Crippen molar-refractivity contribution in [1.29, 1.82) is 0 Å². The van der Waals surface area contributed by atoms with Crippen molar-refractivity contribution in [2.24, 2.45) is 0 Å². The molecule has 0 aliphatic rings. The Balaban J connectivity index is 4.24. The van der Waals surface area contributed by atoms with Gasteiger partial charge in [0.15, 0.2) is 6.10 Å². The molecule has 0 spiro atoms. The van der Waals surface area contributed by atoms with Crippen molar-refractivity contribution in [1.82, 2.24) is 0 Å². The second-order valence-corrected chi connectivity index (χ2v) is 24.1. The van der Waals surface area contributed by atoms with Crippen LogP contribution < -0.4 is 0 Å². The molecule has 0 aromatic heterocycles. The molecule has 1 atom stereocenters. The molecule has 0 heterocycles. The van der Waals surface area contributed by atoms with E-state index in [0.29, 0.717) is 19.3 Å². The van der Waals surface area contributed by atoms with Gasteiger partial charge in [-0.15, -0.1) is 0 Å². The van der Waals surface area contributed by atoms with Crippen LogP contribution in [0.1, 0.15) is 380 Å². The lowest BCUT2D eigenvalue weighted by Crippen LogP contribution is -2.30. The van der Waals surface area contributed by atoms with Crippen molar-refractivity contribution >= 4 is 17.9 Å². The average molecular weight is 1130 g/mol. The molecule has 6 nitrogen and oxygen atoms in total. The number of rotatable bonds is 66. The van der Waals surface area contributed by atoms with Gasteiger partial charge in [-0.3, -0.25) is 14.4 Å². The van der Waals surface area contributed by atoms with Crippen LogP contribution in [0.5, 0.6) is 0 Å². The van der Waals surface area contributed by atoms with E-state index in [2.05, 4.69) is 75.5 Å². The highest BCUT2D eigenvalue weighted by molar-refractivity contribution is 5.71. The molecule has 0 fully saturated rings. The van der Waals surface area contributed by atoms with Gasteiger partial charge >= 0.3 is 17.9 Å². The molecule has 0 aliphatic carbocycles. The molecule has 0 aromatic carbocycles. The first kappa shape index (κ1) is 78.1.